The number of hydrogen-bond donors (Lipinski definition) is 0. The lowest BCUT2D eigenvalue weighted by molar-refractivity contribution is 0.0956. The van der Waals surface area contributed by atoms with Crippen LogP contribution < -0.4 is 0 Å². The fourth-order valence-electron chi connectivity index (χ4n) is 1.93. The molecule has 1 aromatic heterocycles. The van der Waals surface area contributed by atoms with Crippen LogP contribution in [-0.2, 0) is 0 Å². The van der Waals surface area contributed by atoms with E-state index in [9.17, 15) is 8.78 Å². The van der Waals surface area contributed by atoms with E-state index in [1.165, 1.54) is 18.5 Å². The molecule has 88 valence electrons. The lowest BCUT2D eigenvalue weighted by Gasteiger charge is -1.92. The molecular weight excluding hydrogens is 242 g/mol. The van der Waals surface area contributed by atoms with Crippen molar-refractivity contribution in [1.29, 1.82) is 0 Å². The molecule has 1 saturated carbocycles. The summed E-state index contributed by atoms with van der Waals surface area (Å²) >= 11 is 1.18. The third kappa shape index (κ3) is 1.65. The van der Waals surface area contributed by atoms with Crippen LogP contribution in [0.25, 0.3) is 10.6 Å². The predicted molar refractivity (Wildman–Crippen MR) is 62.2 cm³/mol. The molecule has 0 bridgehead atoms. The SMILES string of the molecule is C[C@@H]1[C@@H](c2nsc(-c3ccccc3)n2)C1(F)F. The molecule has 0 amide bonds. The van der Waals surface area contributed by atoms with Crippen molar-refractivity contribution in [2.45, 2.75) is 18.8 Å². The zero-order valence-corrected chi connectivity index (χ0v) is 9.92. The van der Waals surface area contributed by atoms with E-state index in [1.807, 2.05) is 30.3 Å². The molecule has 1 fully saturated rings. The molecule has 2 aromatic rings. The first-order valence-corrected chi connectivity index (χ1v) is 6.15. The topological polar surface area (TPSA) is 25.8 Å². The molecule has 2 atom stereocenters. The van der Waals surface area contributed by atoms with Gasteiger partial charge >= 0.3 is 0 Å². The Balaban J connectivity index is 1.90. The Morgan fingerprint density at radius 1 is 1.24 bits per heavy atom. The zero-order chi connectivity index (χ0) is 12.0. The Hall–Kier alpha value is -1.36. The van der Waals surface area contributed by atoms with Gasteiger partial charge in [0.05, 0.1) is 5.92 Å². The van der Waals surface area contributed by atoms with Crippen molar-refractivity contribution in [2.75, 3.05) is 0 Å². The number of aromatic nitrogens is 2. The Morgan fingerprint density at radius 2 is 1.88 bits per heavy atom. The average molecular weight is 252 g/mol. The highest BCUT2D eigenvalue weighted by molar-refractivity contribution is 7.09. The van der Waals surface area contributed by atoms with Gasteiger partial charge in [-0.05, 0) is 11.5 Å². The van der Waals surface area contributed by atoms with Gasteiger partial charge in [-0.25, -0.2) is 13.8 Å². The third-order valence-corrected chi connectivity index (χ3v) is 3.93. The van der Waals surface area contributed by atoms with E-state index in [0.717, 1.165) is 5.56 Å². The van der Waals surface area contributed by atoms with E-state index in [0.29, 0.717) is 5.01 Å². The molecule has 0 spiro atoms. The van der Waals surface area contributed by atoms with E-state index in [1.54, 1.807) is 0 Å². The van der Waals surface area contributed by atoms with Crippen LogP contribution in [0.15, 0.2) is 30.3 Å². The summed E-state index contributed by atoms with van der Waals surface area (Å²) in [5.74, 6) is -3.78. The molecule has 2 nitrogen and oxygen atoms in total. The first-order chi connectivity index (χ1) is 8.10. The van der Waals surface area contributed by atoms with Crippen LogP contribution in [0.5, 0.6) is 0 Å². The summed E-state index contributed by atoms with van der Waals surface area (Å²) in [4.78, 5) is 4.22. The maximum absolute atomic E-state index is 13.2. The van der Waals surface area contributed by atoms with Crippen LogP contribution in [0.1, 0.15) is 18.7 Å². The molecule has 1 aliphatic carbocycles. The van der Waals surface area contributed by atoms with E-state index in [4.69, 9.17) is 0 Å². The fourth-order valence-corrected chi connectivity index (χ4v) is 2.64. The van der Waals surface area contributed by atoms with E-state index < -0.39 is 17.8 Å². The van der Waals surface area contributed by atoms with Crippen molar-refractivity contribution < 1.29 is 8.78 Å². The monoisotopic (exact) mass is 252 g/mol. The van der Waals surface area contributed by atoms with Gasteiger partial charge in [0.25, 0.3) is 5.92 Å². The van der Waals surface area contributed by atoms with E-state index >= 15 is 0 Å². The minimum absolute atomic E-state index is 0.284. The smallest absolute Gasteiger partial charge is 0.219 e. The van der Waals surface area contributed by atoms with Crippen molar-refractivity contribution in [3.8, 4) is 10.6 Å². The fraction of sp³-hybridized carbons (Fsp3) is 0.333. The molecule has 0 radical (unpaired) electrons. The summed E-state index contributed by atoms with van der Waals surface area (Å²) < 4.78 is 30.5. The molecular formula is C12H10F2N2S. The molecule has 0 unspecified atom stereocenters. The summed E-state index contributed by atoms with van der Waals surface area (Å²) in [5.41, 5.74) is 0.924. The second kappa shape index (κ2) is 3.57. The second-order valence-electron chi connectivity index (χ2n) is 4.26. The average Bonchev–Trinajstić information content (AvgIpc) is 2.72. The van der Waals surface area contributed by atoms with Crippen molar-refractivity contribution >= 4 is 11.5 Å². The first kappa shape index (κ1) is 10.8. The number of halogens is 2. The Morgan fingerprint density at radius 3 is 2.47 bits per heavy atom. The van der Waals surface area contributed by atoms with Gasteiger partial charge in [0, 0.05) is 11.5 Å². The lowest BCUT2D eigenvalue weighted by atomic mass is 10.2. The van der Waals surface area contributed by atoms with Gasteiger partial charge < -0.3 is 0 Å². The number of rotatable bonds is 2. The summed E-state index contributed by atoms with van der Waals surface area (Å²) in [7, 11) is 0. The van der Waals surface area contributed by atoms with Gasteiger partial charge in [0.1, 0.15) is 5.01 Å². The summed E-state index contributed by atoms with van der Waals surface area (Å²) in [6, 6.07) is 9.50. The molecule has 1 aliphatic rings. The number of nitrogens with zero attached hydrogens (tertiary/aromatic N) is 2. The van der Waals surface area contributed by atoms with Crippen LogP contribution in [0.2, 0.25) is 0 Å². The maximum atomic E-state index is 13.2. The molecule has 0 saturated heterocycles. The van der Waals surface area contributed by atoms with Gasteiger partial charge in [-0.2, -0.15) is 4.37 Å². The minimum atomic E-state index is -2.63. The molecule has 17 heavy (non-hydrogen) atoms. The van der Waals surface area contributed by atoms with Crippen LogP contribution in [-0.4, -0.2) is 15.3 Å². The lowest BCUT2D eigenvalue weighted by Crippen LogP contribution is -1.94. The summed E-state index contributed by atoms with van der Waals surface area (Å²) in [6.07, 6.45) is 0. The van der Waals surface area contributed by atoms with Crippen molar-refractivity contribution in [2.24, 2.45) is 5.92 Å². The minimum Gasteiger partial charge on any atom is -0.219 e. The number of benzene rings is 1. The van der Waals surface area contributed by atoms with Crippen LogP contribution in [0.3, 0.4) is 0 Å². The van der Waals surface area contributed by atoms with Crippen molar-refractivity contribution in [3.63, 3.8) is 0 Å². The van der Waals surface area contributed by atoms with Crippen molar-refractivity contribution in [1.82, 2.24) is 9.36 Å². The molecule has 1 heterocycles. The Labute approximate surface area is 101 Å². The largest absolute Gasteiger partial charge is 0.261 e. The highest BCUT2D eigenvalue weighted by Crippen LogP contribution is 2.60. The Bertz CT molecular complexity index is 538. The van der Waals surface area contributed by atoms with Crippen LogP contribution >= 0.6 is 11.5 Å². The molecule has 0 aliphatic heterocycles. The van der Waals surface area contributed by atoms with Gasteiger partial charge in [-0.3, -0.25) is 0 Å². The van der Waals surface area contributed by atoms with Crippen molar-refractivity contribution in [3.05, 3.63) is 36.2 Å². The summed E-state index contributed by atoms with van der Waals surface area (Å²) in [5, 5.41) is 0.704. The molecule has 0 N–H and O–H groups in total. The summed E-state index contributed by atoms with van der Waals surface area (Å²) in [6.45, 7) is 1.54. The molecule has 5 heteroatoms. The standard InChI is InChI=1S/C12H10F2N2S/c1-7-9(12(7,13)14)10-15-11(17-16-10)8-5-3-2-4-6-8/h2-7,9H,1H3/t7-,9+/m1/s1. The second-order valence-corrected chi connectivity index (χ2v) is 5.02. The zero-order valence-electron chi connectivity index (χ0n) is 9.10. The quantitative estimate of drug-likeness (QED) is 0.816. The molecule has 1 aromatic carbocycles. The number of hydrogen-bond acceptors (Lipinski definition) is 3. The van der Waals surface area contributed by atoms with Gasteiger partial charge in [0.15, 0.2) is 5.82 Å². The van der Waals surface area contributed by atoms with Gasteiger partial charge in [0.2, 0.25) is 0 Å². The Kier molecular flexibility index (Phi) is 2.26. The van der Waals surface area contributed by atoms with E-state index in [-0.39, 0.29) is 5.82 Å². The third-order valence-electron chi connectivity index (χ3n) is 3.15. The normalized spacial score (nSPS) is 25.8. The predicted octanol–water partition coefficient (Wildman–Crippen LogP) is 3.57. The molecule has 3 rings (SSSR count). The highest BCUT2D eigenvalue weighted by atomic mass is 32.1. The van der Waals surface area contributed by atoms with Crippen LogP contribution in [0, 0.1) is 5.92 Å². The van der Waals surface area contributed by atoms with Gasteiger partial charge in [-0.1, -0.05) is 37.3 Å². The highest BCUT2D eigenvalue weighted by Gasteiger charge is 2.67. The van der Waals surface area contributed by atoms with Gasteiger partial charge in [-0.15, -0.1) is 0 Å². The first-order valence-electron chi connectivity index (χ1n) is 5.37. The van der Waals surface area contributed by atoms with Crippen LogP contribution in [0.4, 0.5) is 8.78 Å². The number of alkyl halides is 2. The maximum Gasteiger partial charge on any atom is 0.261 e. The van der Waals surface area contributed by atoms with E-state index in [2.05, 4.69) is 9.36 Å².